The molecule has 2 aromatic rings. The summed E-state index contributed by atoms with van der Waals surface area (Å²) in [5.74, 6) is 0.0468. The average molecular weight is 262 g/mol. The van der Waals surface area contributed by atoms with Gasteiger partial charge in [0, 0.05) is 11.1 Å². The zero-order valence-electron chi connectivity index (χ0n) is 9.45. The van der Waals surface area contributed by atoms with Crippen molar-refractivity contribution in [3.05, 3.63) is 46.7 Å². The summed E-state index contributed by atoms with van der Waals surface area (Å²) in [7, 11) is 0. The molecule has 1 aliphatic rings. The van der Waals surface area contributed by atoms with Crippen LogP contribution in [-0.2, 0) is 0 Å². The lowest BCUT2D eigenvalue weighted by atomic mass is 10.2. The van der Waals surface area contributed by atoms with E-state index in [-0.39, 0.29) is 11.9 Å². The number of para-hydroxylation sites is 1. The monoisotopic (exact) mass is 262 g/mol. The first-order valence-electron chi connectivity index (χ1n) is 5.49. The SMILES string of the molecule is NC1=NCC(c2cncs2)N1c1ccccc1F. The molecule has 1 unspecified atom stereocenters. The van der Waals surface area contributed by atoms with E-state index in [1.165, 1.54) is 17.4 Å². The number of guanidine groups is 1. The maximum absolute atomic E-state index is 13.9. The quantitative estimate of drug-likeness (QED) is 0.902. The molecular weight excluding hydrogens is 251 g/mol. The fourth-order valence-corrected chi connectivity index (χ4v) is 2.75. The molecule has 6 heteroatoms. The Labute approximate surface area is 108 Å². The molecule has 0 bridgehead atoms. The standard InChI is InChI=1S/C12H11FN4S/c13-8-3-1-2-4-9(8)17-10(5-16-12(17)14)11-6-15-7-18-11/h1-4,6-7,10H,5H2,(H2,14,16). The fraction of sp³-hybridized carbons (Fsp3) is 0.167. The van der Waals surface area contributed by atoms with E-state index in [4.69, 9.17) is 5.73 Å². The van der Waals surface area contributed by atoms with Gasteiger partial charge in [0.1, 0.15) is 5.82 Å². The van der Waals surface area contributed by atoms with Crippen LogP contribution < -0.4 is 10.6 Å². The number of anilines is 1. The Balaban J connectivity index is 2.03. The first-order valence-corrected chi connectivity index (χ1v) is 6.37. The van der Waals surface area contributed by atoms with Crippen LogP contribution in [0.4, 0.5) is 10.1 Å². The number of aliphatic imine (C=N–C) groups is 1. The van der Waals surface area contributed by atoms with Gasteiger partial charge in [-0.1, -0.05) is 12.1 Å². The first kappa shape index (κ1) is 11.2. The van der Waals surface area contributed by atoms with Gasteiger partial charge >= 0.3 is 0 Å². The van der Waals surface area contributed by atoms with E-state index >= 15 is 0 Å². The molecule has 18 heavy (non-hydrogen) atoms. The highest BCUT2D eigenvalue weighted by molar-refractivity contribution is 7.09. The number of nitrogens with zero attached hydrogens (tertiary/aromatic N) is 3. The number of nitrogens with two attached hydrogens (primary N) is 1. The van der Waals surface area contributed by atoms with Crippen molar-refractivity contribution >= 4 is 23.0 Å². The van der Waals surface area contributed by atoms with Gasteiger partial charge < -0.3 is 5.73 Å². The molecule has 0 amide bonds. The number of thiazole rings is 1. The Bertz CT molecular complexity index is 582. The molecule has 92 valence electrons. The van der Waals surface area contributed by atoms with Crippen molar-refractivity contribution in [2.75, 3.05) is 11.4 Å². The van der Waals surface area contributed by atoms with Crippen molar-refractivity contribution in [3.8, 4) is 0 Å². The van der Waals surface area contributed by atoms with Gasteiger partial charge in [-0.05, 0) is 12.1 Å². The summed E-state index contributed by atoms with van der Waals surface area (Å²) in [4.78, 5) is 11.0. The Hall–Kier alpha value is -1.95. The molecule has 3 rings (SSSR count). The molecule has 1 aliphatic heterocycles. The summed E-state index contributed by atoms with van der Waals surface area (Å²) >= 11 is 1.52. The summed E-state index contributed by atoms with van der Waals surface area (Å²) < 4.78 is 13.9. The summed E-state index contributed by atoms with van der Waals surface area (Å²) in [5.41, 5.74) is 8.08. The average Bonchev–Trinajstić information content (AvgIpc) is 2.99. The molecule has 0 spiro atoms. The molecule has 1 aromatic carbocycles. The van der Waals surface area contributed by atoms with Crippen molar-refractivity contribution in [2.45, 2.75) is 6.04 Å². The summed E-state index contributed by atoms with van der Waals surface area (Å²) in [6.45, 7) is 0.530. The Morgan fingerprint density at radius 1 is 1.39 bits per heavy atom. The zero-order chi connectivity index (χ0) is 12.5. The smallest absolute Gasteiger partial charge is 0.196 e. The van der Waals surface area contributed by atoms with Gasteiger partial charge in [-0.2, -0.15) is 0 Å². The van der Waals surface area contributed by atoms with Crippen LogP contribution in [-0.4, -0.2) is 17.5 Å². The molecule has 0 saturated carbocycles. The van der Waals surface area contributed by atoms with Gasteiger partial charge in [0.05, 0.1) is 23.8 Å². The van der Waals surface area contributed by atoms with Crippen LogP contribution in [0.1, 0.15) is 10.9 Å². The molecule has 0 radical (unpaired) electrons. The van der Waals surface area contributed by atoms with E-state index in [0.717, 1.165) is 4.88 Å². The zero-order valence-corrected chi connectivity index (χ0v) is 10.3. The Morgan fingerprint density at radius 3 is 2.94 bits per heavy atom. The van der Waals surface area contributed by atoms with E-state index in [0.29, 0.717) is 18.2 Å². The maximum atomic E-state index is 13.9. The number of rotatable bonds is 2. The number of hydrogen-bond acceptors (Lipinski definition) is 5. The molecule has 2 heterocycles. The van der Waals surface area contributed by atoms with Crippen LogP contribution in [0.3, 0.4) is 0 Å². The van der Waals surface area contributed by atoms with Gasteiger partial charge in [-0.3, -0.25) is 14.9 Å². The molecular formula is C12H11FN4S. The van der Waals surface area contributed by atoms with E-state index in [1.807, 2.05) is 0 Å². The van der Waals surface area contributed by atoms with Crippen LogP contribution in [0, 0.1) is 5.82 Å². The van der Waals surface area contributed by atoms with Gasteiger partial charge in [0.15, 0.2) is 5.96 Å². The second-order valence-corrected chi connectivity index (χ2v) is 4.86. The maximum Gasteiger partial charge on any atom is 0.196 e. The lowest BCUT2D eigenvalue weighted by Crippen LogP contribution is -2.36. The van der Waals surface area contributed by atoms with E-state index in [9.17, 15) is 4.39 Å². The summed E-state index contributed by atoms with van der Waals surface area (Å²) in [5, 5.41) is 0. The minimum atomic E-state index is -0.299. The topological polar surface area (TPSA) is 54.5 Å². The molecule has 0 fully saturated rings. The minimum absolute atomic E-state index is 0.0607. The van der Waals surface area contributed by atoms with E-state index < -0.39 is 0 Å². The molecule has 1 aromatic heterocycles. The largest absolute Gasteiger partial charge is 0.369 e. The molecule has 4 nitrogen and oxygen atoms in total. The lowest BCUT2D eigenvalue weighted by molar-refractivity contribution is 0.620. The van der Waals surface area contributed by atoms with Gasteiger partial charge in [-0.15, -0.1) is 11.3 Å². The first-order chi connectivity index (χ1) is 8.77. The summed E-state index contributed by atoms with van der Waals surface area (Å²) in [6, 6.07) is 6.51. The number of benzene rings is 1. The van der Waals surface area contributed by atoms with Crippen molar-refractivity contribution in [1.82, 2.24) is 4.98 Å². The lowest BCUT2D eigenvalue weighted by Gasteiger charge is -2.25. The second-order valence-electron chi connectivity index (χ2n) is 3.94. The Morgan fingerprint density at radius 2 is 2.22 bits per heavy atom. The van der Waals surface area contributed by atoms with Gasteiger partial charge in [0.25, 0.3) is 0 Å². The van der Waals surface area contributed by atoms with E-state index in [2.05, 4.69) is 9.98 Å². The normalized spacial score (nSPS) is 19.1. The van der Waals surface area contributed by atoms with Crippen molar-refractivity contribution in [2.24, 2.45) is 10.7 Å². The Kier molecular flexibility index (Phi) is 2.71. The highest BCUT2D eigenvalue weighted by Gasteiger charge is 2.31. The van der Waals surface area contributed by atoms with Gasteiger partial charge in [-0.25, -0.2) is 4.39 Å². The van der Waals surface area contributed by atoms with Crippen molar-refractivity contribution < 1.29 is 4.39 Å². The molecule has 1 atom stereocenters. The van der Waals surface area contributed by atoms with Crippen molar-refractivity contribution in [3.63, 3.8) is 0 Å². The molecule has 2 N–H and O–H groups in total. The third-order valence-corrected chi connectivity index (χ3v) is 3.75. The third kappa shape index (κ3) is 1.74. The number of halogens is 1. The van der Waals surface area contributed by atoms with Gasteiger partial charge in [0.2, 0.25) is 0 Å². The highest BCUT2D eigenvalue weighted by Crippen LogP contribution is 2.33. The minimum Gasteiger partial charge on any atom is -0.369 e. The predicted molar refractivity (Wildman–Crippen MR) is 70.2 cm³/mol. The molecule has 0 aliphatic carbocycles. The predicted octanol–water partition coefficient (Wildman–Crippen LogP) is 2.16. The van der Waals surface area contributed by atoms with Crippen LogP contribution in [0.5, 0.6) is 0 Å². The third-order valence-electron chi connectivity index (χ3n) is 2.88. The van der Waals surface area contributed by atoms with Crippen LogP contribution in [0.15, 0.2) is 41.0 Å². The fourth-order valence-electron chi connectivity index (χ4n) is 2.04. The number of aromatic nitrogens is 1. The van der Waals surface area contributed by atoms with Crippen molar-refractivity contribution in [1.29, 1.82) is 0 Å². The van der Waals surface area contributed by atoms with E-state index in [1.54, 1.807) is 34.8 Å². The molecule has 0 saturated heterocycles. The highest BCUT2D eigenvalue weighted by atomic mass is 32.1. The van der Waals surface area contributed by atoms with Crippen LogP contribution in [0.2, 0.25) is 0 Å². The second kappa shape index (κ2) is 4.38. The van der Waals surface area contributed by atoms with Crippen LogP contribution in [0.25, 0.3) is 0 Å². The van der Waals surface area contributed by atoms with Crippen LogP contribution >= 0.6 is 11.3 Å². The number of hydrogen-bond donors (Lipinski definition) is 1. The summed E-state index contributed by atoms with van der Waals surface area (Å²) in [6.07, 6.45) is 1.78.